The molecule has 0 radical (unpaired) electrons. The molecule has 0 heterocycles. The molecule has 2 N–H and O–H groups in total. The Hall–Kier alpha value is -1.85. The number of carboxylic acids is 1. The van der Waals surface area contributed by atoms with Crippen LogP contribution in [-0.4, -0.2) is 36.1 Å². The van der Waals surface area contributed by atoms with Gasteiger partial charge in [-0.15, -0.1) is 0 Å². The van der Waals surface area contributed by atoms with E-state index in [1.165, 1.54) is 12.8 Å². The van der Waals surface area contributed by atoms with Gasteiger partial charge in [-0.05, 0) is 122 Å². The number of carbonyl (C=O) groups is 3. The van der Waals surface area contributed by atoms with E-state index in [2.05, 4.69) is 59.9 Å². The van der Waals surface area contributed by atoms with Gasteiger partial charge in [-0.25, -0.2) is 0 Å². The molecule has 0 aliphatic heterocycles. The van der Waals surface area contributed by atoms with Gasteiger partial charge < -0.3 is 15.2 Å². The first-order chi connectivity index (χ1) is 20.0. The van der Waals surface area contributed by atoms with Gasteiger partial charge in [-0.1, -0.05) is 60.1 Å². The van der Waals surface area contributed by atoms with Gasteiger partial charge in [0.1, 0.15) is 0 Å². The SMILES string of the molecule is COC(=O)[C@]12CCC(C)(C)C[C@H]1C1=CC[C@@H]3[C@@]4(C)CC[C@@H](NC(=O)CCCCC(=O)O)C(C)(C)[C@@H]4CC[C@@]3(C)[C@]1(C)CC2. The third kappa shape index (κ3) is 5.00. The summed E-state index contributed by atoms with van der Waals surface area (Å²) in [5.74, 6) is 0.647. The Kier molecular flexibility index (Phi) is 8.25. The molecular weight excluding hydrogens is 538 g/mol. The Balaban J connectivity index is 1.40. The van der Waals surface area contributed by atoms with Crippen LogP contribution in [0.5, 0.6) is 0 Å². The van der Waals surface area contributed by atoms with Gasteiger partial charge in [0.25, 0.3) is 0 Å². The fourth-order valence-corrected chi connectivity index (χ4v) is 11.9. The van der Waals surface area contributed by atoms with Gasteiger partial charge in [0.05, 0.1) is 12.5 Å². The highest BCUT2D eigenvalue weighted by molar-refractivity contribution is 5.78. The topological polar surface area (TPSA) is 92.7 Å². The molecule has 1 amide bonds. The molecule has 0 aromatic heterocycles. The predicted molar refractivity (Wildman–Crippen MR) is 169 cm³/mol. The number of unbranched alkanes of at least 4 members (excludes halogenated alkanes) is 1. The van der Waals surface area contributed by atoms with Crippen molar-refractivity contribution in [3.05, 3.63) is 11.6 Å². The number of carbonyl (C=O) groups excluding carboxylic acids is 2. The maximum absolute atomic E-state index is 13.5. The molecule has 0 spiro atoms. The van der Waals surface area contributed by atoms with Gasteiger partial charge in [-0.3, -0.25) is 14.4 Å². The average Bonchev–Trinajstić information content (AvgIpc) is 2.92. The normalized spacial score (nSPS) is 42.7. The molecule has 5 rings (SSSR count). The monoisotopic (exact) mass is 597 g/mol. The Morgan fingerprint density at radius 3 is 2.23 bits per heavy atom. The van der Waals surface area contributed by atoms with Crippen molar-refractivity contribution in [3.8, 4) is 0 Å². The zero-order chi connectivity index (χ0) is 31.6. The fraction of sp³-hybridized carbons (Fsp3) is 0.865. The van der Waals surface area contributed by atoms with Crippen molar-refractivity contribution < 1.29 is 24.2 Å². The molecular formula is C37H59NO5. The van der Waals surface area contributed by atoms with Crippen LogP contribution in [0.4, 0.5) is 0 Å². The van der Waals surface area contributed by atoms with E-state index in [-0.39, 0.29) is 62.7 Å². The van der Waals surface area contributed by atoms with E-state index in [4.69, 9.17) is 9.84 Å². The summed E-state index contributed by atoms with van der Waals surface area (Å²) in [6.07, 6.45) is 14.9. The van der Waals surface area contributed by atoms with E-state index in [1.807, 2.05) is 0 Å². The summed E-state index contributed by atoms with van der Waals surface area (Å²) >= 11 is 0. The molecule has 4 saturated carbocycles. The van der Waals surface area contributed by atoms with Crippen molar-refractivity contribution >= 4 is 17.8 Å². The van der Waals surface area contributed by atoms with E-state index < -0.39 is 5.97 Å². The number of carboxylic acid groups (broad SMARTS) is 1. The van der Waals surface area contributed by atoms with E-state index in [1.54, 1.807) is 12.7 Å². The number of ether oxygens (including phenoxy) is 1. The second kappa shape index (κ2) is 10.9. The lowest BCUT2D eigenvalue weighted by atomic mass is 9.33. The van der Waals surface area contributed by atoms with Crippen molar-refractivity contribution in [1.29, 1.82) is 0 Å². The molecule has 0 aromatic carbocycles. The average molecular weight is 598 g/mol. The zero-order valence-corrected chi connectivity index (χ0v) is 28.4. The largest absolute Gasteiger partial charge is 0.481 e. The molecule has 8 atom stereocenters. The van der Waals surface area contributed by atoms with Crippen molar-refractivity contribution in [2.45, 2.75) is 144 Å². The van der Waals surface area contributed by atoms with E-state index in [9.17, 15) is 14.4 Å². The van der Waals surface area contributed by atoms with Crippen LogP contribution >= 0.6 is 0 Å². The number of hydrogen-bond acceptors (Lipinski definition) is 4. The summed E-state index contributed by atoms with van der Waals surface area (Å²) in [5.41, 5.74) is 1.84. The van der Waals surface area contributed by atoms with Crippen molar-refractivity contribution in [1.82, 2.24) is 5.32 Å². The van der Waals surface area contributed by atoms with Crippen LogP contribution in [0.15, 0.2) is 11.6 Å². The Morgan fingerprint density at radius 2 is 1.56 bits per heavy atom. The minimum atomic E-state index is -0.797. The lowest BCUT2D eigenvalue weighted by Gasteiger charge is -2.71. The second-order valence-corrected chi connectivity index (χ2v) is 17.4. The minimum absolute atomic E-state index is 0.0166. The molecule has 0 saturated heterocycles. The number of nitrogens with one attached hydrogen (secondary N) is 1. The van der Waals surface area contributed by atoms with Gasteiger partial charge in [-0.2, -0.15) is 0 Å². The third-order valence-corrected chi connectivity index (χ3v) is 14.6. The number of allylic oxidation sites excluding steroid dienone is 2. The molecule has 0 bridgehead atoms. The number of methoxy groups -OCH3 is 1. The Bertz CT molecular complexity index is 1170. The summed E-state index contributed by atoms with van der Waals surface area (Å²) in [4.78, 5) is 37.3. The highest BCUT2D eigenvalue weighted by Gasteiger charge is 2.69. The van der Waals surface area contributed by atoms with Gasteiger partial charge in [0.15, 0.2) is 0 Å². The molecule has 6 heteroatoms. The lowest BCUT2D eigenvalue weighted by Crippen LogP contribution is -2.66. The van der Waals surface area contributed by atoms with Gasteiger partial charge in [0.2, 0.25) is 5.91 Å². The van der Waals surface area contributed by atoms with Crippen LogP contribution < -0.4 is 5.32 Å². The number of aliphatic carboxylic acids is 1. The smallest absolute Gasteiger partial charge is 0.312 e. The quantitative estimate of drug-likeness (QED) is 0.176. The molecule has 0 aromatic rings. The summed E-state index contributed by atoms with van der Waals surface area (Å²) in [6.45, 7) is 17.3. The zero-order valence-electron chi connectivity index (χ0n) is 28.4. The molecule has 242 valence electrons. The first-order valence-electron chi connectivity index (χ1n) is 17.3. The number of esters is 1. The summed E-state index contributed by atoms with van der Waals surface area (Å²) in [6, 6.07) is 0.145. The summed E-state index contributed by atoms with van der Waals surface area (Å²) < 4.78 is 5.53. The predicted octanol–water partition coefficient (Wildman–Crippen LogP) is 8.09. The van der Waals surface area contributed by atoms with E-state index in [0.717, 1.165) is 51.4 Å². The molecule has 5 aliphatic carbocycles. The van der Waals surface area contributed by atoms with Crippen LogP contribution in [-0.2, 0) is 19.1 Å². The van der Waals surface area contributed by atoms with Crippen molar-refractivity contribution in [2.24, 2.45) is 50.2 Å². The molecule has 0 unspecified atom stereocenters. The van der Waals surface area contributed by atoms with Gasteiger partial charge in [0, 0.05) is 18.9 Å². The number of rotatable bonds is 7. The van der Waals surface area contributed by atoms with Crippen molar-refractivity contribution in [3.63, 3.8) is 0 Å². The fourth-order valence-electron chi connectivity index (χ4n) is 11.9. The van der Waals surface area contributed by atoms with Crippen LogP contribution in [0.25, 0.3) is 0 Å². The maximum Gasteiger partial charge on any atom is 0.312 e. The Morgan fingerprint density at radius 1 is 0.884 bits per heavy atom. The van der Waals surface area contributed by atoms with Crippen LogP contribution in [0, 0.1) is 50.2 Å². The van der Waals surface area contributed by atoms with Crippen LogP contribution in [0.1, 0.15) is 138 Å². The standard InChI is InChI=1S/C37H59NO5/c1-32(2)19-21-37(31(42)43-8)22-20-35(6)24(25(37)23-32)13-14-27-34(5)17-16-28(38-29(39)11-9-10-12-30(40)41)33(3,4)26(34)15-18-36(27,35)7/h13,25-28H,9-12,14-23H2,1-8H3,(H,38,39)(H,40,41)/t25-,26-,27+,28+,34-,35+,36+,37-/m0/s1. The van der Waals surface area contributed by atoms with Crippen molar-refractivity contribution in [2.75, 3.05) is 7.11 Å². The second-order valence-electron chi connectivity index (χ2n) is 17.4. The first kappa shape index (κ1) is 32.5. The third-order valence-electron chi connectivity index (χ3n) is 14.6. The molecule has 43 heavy (non-hydrogen) atoms. The van der Waals surface area contributed by atoms with Crippen LogP contribution in [0.2, 0.25) is 0 Å². The molecule has 5 aliphatic rings. The van der Waals surface area contributed by atoms with Crippen LogP contribution in [0.3, 0.4) is 0 Å². The first-order valence-corrected chi connectivity index (χ1v) is 17.3. The molecule has 4 fully saturated rings. The summed E-state index contributed by atoms with van der Waals surface area (Å²) in [5, 5.41) is 12.3. The van der Waals surface area contributed by atoms with E-state index in [0.29, 0.717) is 31.1 Å². The number of hydrogen-bond donors (Lipinski definition) is 2. The highest BCUT2D eigenvalue weighted by Crippen LogP contribution is 2.75. The van der Waals surface area contributed by atoms with E-state index >= 15 is 0 Å². The lowest BCUT2D eigenvalue weighted by molar-refractivity contribution is -0.193. The maximum atomic E-state index is 13.5. The number of fused-ring (bicyclic) bond motifs is 7. The Labute approximate surface area is 260 Å². The highest BCUT2D eigenvalue weighted by atomic mass is 16.5. The van der Waals surface area contributed by atoms with Gasteiger partial charge >= 0.3 is 11.9 Å². The molecule has 6 nitrogen and oxygen atoms in total. The number of amides is 1. The summed E-state index contributed by atoms with van der Waals surface area (Å²) in [7, 11) is 1.58. The minimum Gasteiger partial charge on any atom is -0.481 e.